The predicted molar refractivity (Wildman–Crippen MR) is 108 cm³/mol. The molecule has 1 aromatic heterocycles. The van der Waals surface area contributed by atoms with Crippen LogP contribution in [-0.2, 0) is 17.9 Å². The third-order valence-corrected chi connectivity index (χ3v) is 4.96. The second-order valence-electron chi connectivity index (χ2n) is 6.97. The Kier molecular flexibility index (Phi) is 5.31. The molecule has 0 saturated heterocycles. The van der Waals surface area contributed by atoms with Gasteiger partial charge in [-0.25, -0.2) is 0 Å². The maximum atomic E-state index is 13.1. The van der Waals surface area contributed by atoms with Gasteiger partial charge in [-0.2, -0.15) is 0 Å². The summed E-state index contributed by atoms with van der Waals surface area (Å²) in [4.78, 5) is 51.3. The number of amides is 3. The summed E-state index contributed by atoms with van der Waals surface area (Å²) in [5, 5.41) is 11.3. The van der Waals surface area contributed by atoms with Crippen molar-refractivity contribution in [3.05, 3.63) is 99.5 Å². The Balaban J connectivity index is 1.58. The van der Waals surface area contributed by atoms with Gasteiger partial charge in [-0.1, -0.05) is 36.4 Å². The van der Waals surface area contributed by atoms with Gasteiger partial charge >= 0.3 is 0 Å². The predicted octanol–water partition coefficient (Wildman–Crippen LogP) is 3.01. The highest BCUT2D eigenvalue weighted by Gasteiger charge is 2.42. The van der Waals surface area contributed by atoms with Crippen molar-refractivity contribution in [1.29, 1.82) is 0 Å². The van der Waals surface area contributed by atoms with Crippen molar-refractivity contribution in [3.8, 4) is 0 Å². The van der Waals surface area contributed by atoms with Crippen molar-refractivity contribution >= 4 is 23.4 Å². The molecule has 0 unspecified atom stereocenters. The molecule has 31 heavy (non-hydrogen) atoms. The molecule has 2 aromatic carbocycles. The summed E-state index contributed by atoms with van der Waals surface area (Å²) >= 11 is 0. The third-order valence-electron chi connectivity index (χ3n) is 4.96. The number of nitro benzene ring substituents is 1. The van der Waals surface area contributed by atoms with Crippen LogP contribution in [-0.4, -0.2) is 39.0 Å². The molecule has 0 aliphatic carbocycles. The average Bonchev–Trinajstić information content (AvgIpc) is 3.36. The van der Waals surface area contributed by atoms with Gasteiger partial charge in [0.25, 0.3) is 17.5 Å². The Labute approximate surface area is 176 Å². The first-order valence-corrected chi connectivity index (χ1v) is 9.43. The van der Waals surface area contributed by atoms with Crippen LogP contribution in [0.3, 0.4) is 0 Å². The van der Waals surface area contributed by atoms with Crippen LogP contribution in [0.5, 0.6) is 0 Å². The normalized spacial score (nSPS) is 12.7. The van der Waals surface area contributed by atoms with Crippen molar-refractivity contribution in [2.75, 3.05) is 6.54 Å². The molecule has 9 heteroatoms. The number of hydrogen-bond acceptors (Lipinski definition) is 6. The molecule has 3 amide bonds. The van der Waals surface area contributed by atoms with E-state index in [9.17, 15) is 24.5 Å². The van der Waals surface area contributed by atoms with Crippen LogP contribution in [0.4, 0.5) is 5.69 Å². The van der Waals surface area contributed by atoms with Gasteiger partial charge in [0, 0.05) is 12.6 Å². The van der Waals surface area contributed by atoms with Crippen LogP contribution in [0.15, 0.2) is 71.3 Å². The number of benzene rings is 2. The van der Waals surface area contributed by atoms with Gasteiger partial charge in [0.15, 0.2) is 0 Å². The first-order chi connectivity index (χ1) is 15.0. The summed E-state index contributed by atoms with van der Waals surface area (Å²) in [6.45, 7) is -0.148. The maximum absolute atomic E-state index is 13.1. The third kappa shape index (κ3) is 3.93. The van der Waals surface area contributed by atoms with Crippen LogP contribution >= 0.6 is 0 Å². The molecule has 0 bridgehead atoms. The number of carbonyl (C=O) groups excluding carboxylic acids is 3. The molecule has 0 fully saturated rings. The van der Waals surface area contributed by atoms with E-state index in [1.165, 1.54) is 23.3 Å². The van der Waals surface area contributed by atoms with E-state index in [0.717, 1.165) is 16.5 Å². The lowest BCUT2D eigenvalue weighted by Gasteiger charge is -2.24. The highest BCUT2D eigenvalue weighted by molar-refractivity contribution is 6.24. The molecule has 2 heterocycles. The molecule has 0 atom stereocenters. The number of imide groups is 1. The van der Waals surface area contributed by atoms with E-state index >= 15 is 0 Å². The van der Waals surface area contributed by atoms with Crippen LogP contribution in [0.1, 0.15) is 32.0 Å². The summed E-state index contributed by atoms with van der Waals surface area (Å²) in [7, 11) is 0. The van der Waals surface area contributed by atoms with E-state index in [1.54, 1.807) is 12.1 Å². The van der Waals surface area contributed by atoms with E-state index in [-0.39, 0.29) is 24.2 Å². The molecule has 1 aliphatic rings. The summed E-state index contributed by atoms with van der Waals surface area (Å²) < 4.78 is 5.34. The Bertz CT molecular complexity index is 1160. The minimum atomic E-state index is -0.849. The van der Waals surface area contributed by atoms with Crippen LogP contribution in [0, 0.1) is 10.1 Å². The van der Waals surface area contributed by atoms with Crippen molar-refractivity contribution in [2.45, 2.75) is 13.1 Å². The van der Waals surface area contributed by atoms with Crippen molar-refractivity contribution in [3.63, 3.8) is 0 Å². The number of nitro groups is 1. The quantitative estimate of drug-likeness (QED) is 0.330. The zero-order chi connectivity index (χ0) is 22.0. The minimum Gasteiger partial charge on any atom is -0.467 e. The molecule has 4 rings (SSSR count). The van der Waals surface area contributed by atoms with Gasteiger partial charge in [0.05, 0.1) is 23.3 Å². The Hall–Kier alpha value is -4.27. The number of hydrogen-bond donors (Lipinski definition) is 0. The molecular formula is C22H17N3O6. The topological polar surface area (TPSA) is 114 Å². The Morgan fingerprint density at radius 2 is 1.74 bits per heavy atom. The molecule has 3 aromatic rings. The maximum Gasteiger partial charge on any atom is 0.282 e. The van der Waals surface area contributed by atoms with E-state index in [4.69, 9.17) is 4.42 Å². The molecule has 0 radical (unpaired) electrons. The standard InChI is InChI=1S/C22H17N3O6/c26-19(23(13-16-8-5-11-31-16)12-15-6-2-1-3-7-15)14-24-21(27)17-9-4-10-18(25(29)30)20(17)22(24)28/h1-11H,12-14H2. The second-order valence-corrected chi connectivity index (χ2v) is 6.97. The molecule has 9 nitrogen and oxygen atoms in total. The molecule has 1 aliphatic heterocycles. The van der Waals surface area contributed by atoms with Gasteiger partial charge in [0.2, 0.25) is 5.91 Å². The van der Waals surface area contributed by atoms with Gasteiger partial charge in [-0.3, -0.25) is 29.4 Å². The smallest absolute Gasteiger partial charge is 0.282 e. The highest BCUT2D eigenvalue weighted by Crippen LogP contribution is 2.30. The highest BCUT2D eigenvalue weighted by atomic mass is 16.6. The zero-order valence-corrected chi connectivity index (χ0v) is 16.3. The summed E-state index contributed by atoms with van der Waals surface area (Å²) in [5.74, 6) is -1.52. The summed E-state index contributed by atoms with van der Waals surface area (Å²) in [5.41, 5.74) is 0.0431. The SMILES string of the molecule is O=C(CN1C(=O)c2cccc([N+](=O)[O-])c2C1=O)N(Cc1ccccc1)Cc1ccco1. The summed E-state index contributed by atoms with van der Waals surface area (Å²) in [6, 6.07) is 16.5. The molecule has 156 valence electrons. The van der Waals surface area contributed by atoms with Gasteiger partial charge in [0.1, 0.15) is 17.9 Å². The van der Waals surface area contributed by atoms with E-state index in [2.05, 4.69) is 0 Å². The largest absolute Gasteiger partial charge is 0.467 e. The Morgan fingerprint density at radius 1 is 0.968 bits per heavy atom. The number of nitrogens with zero attached hydrogens (tertiary/aromatic N) is 3. The fraction of sp³-hybridized carbons (Fsp3) is 0.136. The summed E-state index contributed by atoms with van der Waals surface area (Å²) in [6.07, 6.45) is 1.49. The number of fused-ring (bicyclic) bond motifs is 1. The molecular weight excluding hydrogens is 402 g/mol. The lowest BCUT2D eigenvalue weighted by molar-refractivity contribution is -0.385. The molecule has 0 spiro atoms. The fourth-order valence-corrected chi connectivity index (χ4v) is 3.47. The van der Waals surface area contributed by atoms with Gasteiger partial charge in [-0.15, -0.1) is 0 Å². The van der Waals surface area contributed by atoms with Crippen molar-refractivity contribution in [2.24, 2.45) is 0 Å². The van der Waals surface area contributed by atoms with Crippen LogP contribution < -0.4 is 0 Å². The lowest BCUT2D eigenvalue weighted by Crippen LogP contribution is -2.42. The Morgan fingerprint density at radius 3 is 2.42 bits per heavy atom. The van der Waals surface area contributed by atoms with E-state index < -0.39 is 34.9 Å². The molecule has 0 N–H and O–H groups in total. The monoisotopic (exact) mass is 419 g/mol. The zero-order valence-electron chi connectivity index (χ0n) is 16.3. The van der Waals surface area contributed by atoms with Gasteiger partial charge in [-0.05, 0) is 23.8 Å². The first kappa shape index (κ1) is 20.0. The van der Waals surface area contributed by atoms with Crippen molar-refractivity contribution in [1.82, 2.24) is 9.80 Å². The lowest BCUT2D eigenvalue weighted by atomic mass is 10.1. The minimum absolute atomic E-state index is 0.0763. The first-order valence-electron chi connectivity index (χ1n) is 9.43. The second kappa shape index (κ2) is 8.23. The van der Waals surface area contributed by atoms with Crippen LogP contribution in [0.2, 0.25) is 0 Å². The van der Waals surface area contributed by atoms with Crippen molar-refractivity contribution < 1.29 is 23.7 Å². The van der Waals surface area contributed by atoms with Gasteiger partial charge < -0.3 is 9.32 Å². The number of carbonyl (C=O) groups is 3. The number of furan rings is 1. The van der Waals surface area contributed by atoms with E-state index in [1.807, 2.05) is 30.3 Å². The molecule has 0 saturated carbocycles. The van der Waals surface area contributed by atoms with Crippen LogP contribution in [0.25, 0.3) is 0 Å². The van der Waals surface area contributed by atoms with E-state index in [0.29, 0.717) is 5.76 Å². The number of rotatable bonds is 7. The fourth-order valence-electron chi connectivity index (χ4n) is 3.47. The average molecular weight is 419 g/mol.